The van der Waals surface area contributed by atoms with Gasteiger partial charge in [-0.25, -0.2) is 22.8 Å². The smallest absolute Gasteiger partial charge is 0.237 e. The highest BCUT2D eigenvalue weighted by atomic mass is 19.3. The van der Waals surface area contributed by atoms with Gasteiger partial charge in [-0.1, -0.05) is 13.8 Å². The number of hydrogen-bond acceptors (Lipinski definition) is 2. The summed E-state index contributed by atoms with van der Waals surface area (Å²) in [7, 11) is 0. The summed E-state index contributed by atoms with van der Waals surface area (Å²) in [6, 6.07) is 8.89. The van der Waals surface area contributed by atoms with Crippen LogP contribution in [0.15, 0.2) is 48.8 Å². The van der Waals surface area contributed by atoms with Crippen molar-refractivity contribution >= 4 is 0 Å². The summed E-state index contributed by atoms with van der Waals surface area (Å²) < 4.78 is 40.6. The fraction of sp³-hybridized carbons (Fsp3) is 0.263. The number of rotatable bonds is 4. The summed E-state index contributed by atoms with van der Waals surface area (Å²) in [5.74, 6) is -0.0316. The molecule has 0 amide bonds. The second kappa shape index (κ2) is 8.46. The van der Waals surface area contributed by atoms with Gasteiger partial charge in [0, 0.05) is 18.0 Å². The van der Waals surface area contributed by atoms with Crippen molar-refractivity contribution in [1.29, 1.82) is 0 Å². The van der Waals surface area contributed by atoms with E-state index in [4.69, 9.17) is 0 Å². The van der Waals surface area contributed by atoms with Gasteiger partial charge >= 0.3 is 0 Å². The molecule has 0 saturated heterocycles. The first kappa shape index (κ1) is 18.7. The molecule has 25 heavy (non-hydrogen) atoms. The van der Waals surface area contributed by atoms with Crippen LogP contribution < -0.4 is 0 Å². The first-order valence-corrected chi connectivity index (χ1v) is 8.06. The van der Waals surface area contributed by atoms with Crippen LogP contribution in [0.1, 0.15) is 42.7 Å². The Morgan fingerprint density at radius 2 is 1.80 bits per heavy atom. The molecule has 0 N–H and O–H groups in total. The standard InChI is InChI=1S/C17H14F3N3.C2H6/c1-11-3-5-23(22-11)16-9-12(2-4-21-16)6-13-7-14(17(19)20)10-15(18)8-13;1-2/h2-5,7-10,17H,6H2,1H3;1-2H3. The van der Waals surface area contributed by atoms with Crippen LogP contribution in [0.2, 0.25) is 0 Å². The van der Waals surface area contributed by atoms with Crippen LogP contribution in [0, 0.1) is 12.7 Å². The van der Waals surface area contributed by atoms with Crippen LogP contribution in [-0.4, -0.2) is 14.8 Å². The monoisotopic (exact) mass is 347 g/mol. The highest BCUT2D eigenvalue weighted by Crippen LogP contribution is 2.23. The van der Waals surface area contributed by atoms with E-state index in [2.05, 4.69) is 10.1 Å². The molecule has 3 nitrogen and oxygen atoms in total. The fourth-order valence-corrected chi connectivity index (χ4v) is 2.38. The van der Waals surface area contributed by atoms with Crippen molar-refractivity contribution in [2.24, 2.45) is 0 Å². The summed E-state index contributed by atoms with van der Waals surface area (Å²) in [6.45, 7) is 5.87. The van der Waals surface area contributed by atoms with Crippen LogP contribution in [0.3, 0.4) is 0 Å². The second-order valence-corrected chi connectivity index (χ2v) is 5.29. The summed E-state index contributed by atoms with van der Waals surface area (Å²) in [6.07, 6.45) is 1.06. The predicted molar refractivity (Wildman–Crippen MR) is 91.6 cm³/mol. The zero-order chi connectivity index (χ0) is 18.4. The van der Waals surface area contributed by atoms with E-state index in [1.54, 1.807) is 29.2 Å². The Bertz CT molecular complexity index is 828. The van der Waals surface area contributed by atoms with Gasteiger partial charge in [0.15, 0.2) is 5.82 Å². The molecule has 3 aromatic rings. The van der Waals surface area contributed by atoms with E-state index in [1.165, 1.54) is 12.1 Å². The molecule has 0 aliphatic carbocycles. The van der Waals surface area contributed by atoms with Crippen LogP contribution in [0.25, 0.3) is 5.82 Å². The van der Waals surface area contributed by atoms with Crippen molar-refractivity contribution in [3.8, 4) is 5.82 Å². The molecule has 0 atom stereocenters. The molecule has 0 bridgehead atoms. The summed E-state index contributed by atoms with van der Waals surface area (Å²) in [5.41, 5.74) is 1.89. The number of aryl methyl sites for hydroxylation is 1. The number of benzene rings is 1. The van der Waals surface area contributed by atoms with Crippen molar-refractivity contribution in [3.63, 3.8) is 0 Å². The largest absolute Gasteiger partial charge is 0.263 e. The molecular weight excluding hydrogens is 327 g/mol. The molecule has 0 fully saturated rings. The minimum Gasteiger partial charge on any atom is -0.237 e. The third-order valence-electron chi connectivity index (χ3n) is 3.41. The fourth-order valence-electron chi connectivity index (χ4n) is 2.38. The van der Waals surface area contributed by atoms with Gasteiger partial charge in [-0.2, -0.15) is 5.10 Å². The Hall–Kier alpha value is -2.63. The van der Waals surface area contributed by atoms with Gasteiger partial charge in [-0.15, -0.1) is 0 Å². The molecule has 0 aliphatic rings. The number of pyridine rings is 1. The number of nitrogens with zero attached hydrogens (tertiary/aromatic N) is 3. The van der Waals surface area contributed by atoms with Crippen LogP contribution in [0.4, 0.5) is 13.2 Å². The van der Waals surface area contributed by atoms with Crippen molar-refractivity contribution in [1.82, 2.24) is 14.8 Å². The Balaban J connectivity index is 0.00000109. The minimum absolute atomic E-state index is 0.308. The number of alkyl halides is 2. The minimum atomic E-state index is -2.69. The maximum Gasteiger partial charge on any atom is 0.263 e. The second-order valence-electron chi connectivity index (χ2n) is 5.29. The van der Waals surface area contributed by atoms with Crippen molar-refractivity contribution in [3.05, 3.63) is 77.0 Å². The molecule has 0 unspecified atom stereocenters. The molecule has 3 rings (SSSR count). The van der Waals surface area contributed by atoms with Gasteiger partial charge < -0.3 is 0 Å². The third kappa shape index (κ3) is 4.92. The van der Waals surface area contributed by atoms with E-state index in [9.17, 15) is 13.2 Å². The average Bonchev–Trinajstić information content (AvgIpc) is 3.03. The molecule has 0 saturated carbocycles. The Morgan fingerprint density at radius 1 is 1.04 bits per heavy atom. The zero-order valence-corrected chi connectivity index (χ0v) is 14.4. The molecule has 0 radical (unpaired) electrons. The van der Waals surface area contributed by atoms with E-state index >= 15 is 0 Å². The number of halogens is 3. The highest BCUT2D eigenvalue weighted by molar-refractivity contribution is 5.34. The van der Waals surface area contributed by atoms with Gasteiger partial charge in [0.1, 0.15) is 5.82 Å². The maximum absolute atomic E-state index is 13.5. The summed E-state index contributed by atoms with van der Waals surface area (Å²) in [4.78, 5) is 4.23. The molecule has 1 aromatic carbocycles. The average molecular weight is 347 g/mol. The zero-order valence-electron chi connectivity index (χ0n) is 14.4. The Kier molecular flexibility index (Phi) is 6.33. The lowest BCUT2D eigenvalue weighted by Gasteiger charge is -2.07. The molecule has 0 aliphatic heterocycles. The Morgan fingerprint density at radius 3 is 2.44 bits per heavy atom. The normalized spacial score (nSPS) is 10.5. The Labute approximate surface area is 145 Å². The molecule has 2 aromatic heterocycles. The lowest BCUT2D eigenvalue weighted by atomic mass is 10.0. The van der Waals surface area contributed by atoms with E-state index in [0.29, 0.717) is 17.8 Å². The topological polar surface area (TPSA) is 30.7 Å². The van der Waals surface area contributed by atoms with Gasteiger partial charge in [0.2, 0.25) is 0 Å². The summed E-state index contributed by atoms with van der Waals surface area (Å²) >= 11 is 0. The number of aromatic nitrogens is 3. The molecule has 132 valence electrons. The maximum atomic E-state index is 13.5. The molecule has 2 heterocycles. The van der Waals surface area contributed by atoms with Gasteiger partial charge in [-0.3, -0.25) is 0 Å². The van der Waals surface area contributed by atoms with E-state index in [0.717, 1.165) is 17.3 Å². The predicted octanol–water partition coefficient (Wildman–Crippen LogP) is 5.27. The quantitative estimate of drug-likeness (QED) is 0.644. The van der Waals surface area contributed by atoms with E-state index in [-0.39, 0.29) is 5.56 Å². The molecule has 0 spiro atoms. The van der Waals surface area contributed by atoms with Crippen molar-refractivity contribution in [2.45, 2.75) is 33.6 Å². The SMILES string of the molecule is CC.Cc1ccn(-c2cc(Cc3cc(F)cc(C(F)F)c3)ccn2)n1. The van der Waals surface area contributed by atoms with Crippen LogP contribution in [-0.2, 0) is 6.42 Å². The van der Waals surface area contributed by atoms with Crippen molar-refractivity contribution < 1.29 is 13.2 Å². The van der Waals surface area contributed by atoms with Gasteiger partial charge in [0.25, 0.3) is 6.43 Å². The van der Waals surface area contributed by atoms with Gasteiger partial charge in [0.05, 0.1) is 5.69 Å². The lowest BCUT2D eigenvalue weighted by molar-refractivity contribution is 0.151. The first-order valence-electron chi connectivity index (χ1n) is 8.06. The van der Waals surface area contributed by atoms with E-state index in [1.807, 2.05) is 26.8 Å². The van der Waals surface area contributed by atoms with Crippen molar-refractivity contribution in [2.75, 3.05) is 0 Å². The van der Waals surface area contributed by atoms with Gasteiger partial charge in [-0.05, 0) is 60.9 Å². The van der Waals surface area contributed by atoms with E-state index < -0.39 is 12.2 Å². The first-order chi connectivity index (χ1) is 12.0. The lowest BCUT2D eigenvalue weighted by Crippen LogP contribution is -2.00. The van der Waals surface area contributed by atoms with Crippen LogP contribution in [0.5, 0.6) is 0 Å². The van der Waals surface area contributed by atoms with Crippen LogP contribution >= 0.6 is 0 Å². The number of hydrogen-bond donors (Lipinski definition) is 0. The highest BCUT2D eigenvalue weighted by Gasteiger charge is 2.11. The molecule has 6 heteroatoms. The summed E-state index contributed by atoms with van der Waals surface area (Å²) in [5, 5.41) is 4.28. The third-order valence-corrected chi connectivity index (χ3v) is 3.41. The molecular formula is C19H20F3N3.